The lowest BCUT2D eigenvalue weighted by atomic mass is 10.0. The fourth-order valence-corrected chi connectivity index (χ4v) is 3.03. The lowest BCUT2D eigenvalue weighted by molar-refractivity contribution is 0.418. The number of aryl methyl sites for hydroxylation is 2. The van der Waals surface area contributed by atoms with Gasteiger partial charge in [-0.1, -0.05) is 13.8 Å². The van der Waals surface area contributed by atoms with Crippen molar-refractivity contribution in [3.8, 4) is 17.0 Å². The molecule has 0 radical (unpaired) electrons. The van der Waals surface area contributed by atoms with Crippen molar-refractivity contribution in [1.82, 2.24) is 9.78 Å². The zero-order chi connectivity index (χ0) is 17.6. The van der Waals surface area contributed by atoms with E-state index in [0.29, 0.717) is 22.8 Å². The summed E-state index contributed by atoms with van der Waals surface area (Å²) in [5, 5.41) is 5.42. The Balaban J connectivity index is 2.29. The predicted molar refractivity (Wildman–Crippen MR) is 94.8 cm³/mol. The topological polar surface area (TPSA) is 57.3 Å². The Hall–Kier alpha value is -2.56. The van der Waals surface area contributed by atoms with Crippen molar-refractivity contribution in [3.05, 3.63) is 45.4 Å². The second kappa shape index (κ2) is 5.82. The number of benzene rings is 1. The Bertz CT molecular complexity index is 980. The van der Waals surface area contributed by atoms with E-state index in [1.165, 1.54) is 0 Å². The van der Waals surface area contributed by atoms with Gasteiger partial charge in [0.05, 0.1) is 18.2 Å². The lowest BCUT2D eigenvalue weighted by Crippen LogP contribution is -2.06. The smallest absolute Gasteiger partial charge is 0.339 e. The van der Waals surface area contributed by atoms with E-state index in [-0.39, 0.29) is 5.63 Å². The maximum atomic E-state index is 12.0. The van der Waals surface area contributed by atoms with Crippen LogP contribution in [0.25, 0.3) is 22.2 Å². The first kappa shape index (κ1) is 16.3. The fraction of sp³-hybridized carbons (Fsp3) is 0.368. The standard InChI is InChI=1S/C19H22N2O3/c1-10(2)15-9-14(20-21(15)5)13-7-16(23-6)18-11(3)12(4)19(22)24-17(18)8-13/h7-10H,1-6H3. The molecule has 3 rings (SSSR count). The van der Waals surface area contributed by atoms with E-state index in [1.54, 1.807) is 14.0 Å². The second-order valence-electron chi connectivity index (χ2n) is 6.42. The first-order chi connectivity index (χ1) is 11.3. The molecule has 0 fully saturated rings. The molecule has 0 saturated carbocycles. The van der Waals surface area contributed by atoms with Crippen molar-refractivity contribution in [2.24, 2.45) is 7.05 Å². The molecule has 126 valence electrons. The maximum Gasteiger partial charge on any atom is 0.339 e. The van der Waals surface area contributed by atoms with Gasteiger partial charge < -0.3 is 9.15 Å². The number of fused-ring (bicyclic) bond motifs is 1. The fourth-order valence-electron chi connectivity index (χ4n) is 3.03. The monoisotopic (exact) mass is 326 g/mol. The lowest BCUT2D eigenvalue weighted by Gasteiger charge is -2.10. The summed E-state index contributed by atoms with van der Waals surface area (Å²) in [5.74, 6) is 1.06. The minimum absolute atomic E-state index is 0.317. The molecule has 3 aromatic rings. The largest absolute Gasteiger partial charge is 0.496 e. The summed E-state index contributed by atoms with van der Waals surface area (Å²) in [4.78, 5) is 12.0. The SMILES string of the molecule is COc1cc(-c2cc(C(C)C)n(C)n2)cc2oc(=O)c(C)c(C)c12. The predicted octanol–water partition coefficient (Wildman–Crippen LogP) is 3.94. The van der Waals surface area contributed by atoms with Crippen LogP contribution in [0.2, 0.25) is 0 Å². The van der Waals surface area contributed by atoms with Gasteiger partial charge in [-0.25, -0.2) is 4.79 Å². The van der Waals surface area contributed by atoms with Crippen LogP contribution in [0.15, 0.2) is 27.4 Å². The summed E-state index contributed by atoms with van der Waals surface area (Å²) in [5.41, 5.74) is 4.54. The molecule has 0 N–H and O–H groups in total. The third kappa shape index (κ3) is 2.50. The molecule has 0 unspecified atom stereocenters. The van der Waals surface area contributed by atoms with Gasteiger partial charge in [0.25, 0.3) is 0 Å². The molecule has 0 amide bonds. The zero-order valence-corrected chi connectivity index (χ0v) is 14.9. The Morgan fingerprint density at radius 3 is 2.46 bits per heavy atom. The first-order valence-electron chi connectivity index (χ1n) is 7.99. The highest BCUT2D eigenvalue weighted by Gasteiger charge is 2.17. The molecule has 5 nitrogen and oxygen atoms in total. The Kier molecular flexibility index (Phi) is 3.95. The van der Waals surface area contributed by atoms with E-state index >= 15 is 0 Å². The molecule has 0 aliphatic heterocycles. The number of aromatic nitrogens is 2. The van der Waals surface area contributed by atoms with Gasteiger partial charge in [0.1, 0.15) is 11.3 Å². The highest BCUT2D eigenvalue weighted by Crippen LogP contribution is 2.34. The molecule has 0 saturated heterocycles. The number of hydrogen-bond acceptors (Lipinski definition) is 4. The second-order valence-corrected chi connectivity index (χ2v) is 6.42. The number of ether oxygens (including phenoxy) is 1. The maximum absolute atomic E-state index is 12.0. The third-order valence-corrected chi connectivity index (χ3v) is 4.54. The van der Waals surface area contributed by atoms with Crippen molar-refractivity contribution in [3.63, 3.8) is 0 Å². The highest BCUT2D eigenvalue weighted by atomic mass is 16.5. The van der Waals surface area contributed by atoms with Gasteiger partial charge >= 0.3 is 5.63 Å². The molecule has 2 aromatic heterocycles. The van der Waals surface area contributed by atoms with Gasteiger partial charge in [-0.2, -0.15) is 5.10 Å². The van der Waals surface area contributed by atoms with Gasteiger partial charge in [-0.15, -0.1) is 0 Å². The van der Waals surface area contributed by atoms with E-state index in [9.17, 15) is 4.79 Å². The van der Waals surface area contributed by atoms with Crippen LogP contribution in [0.4, 0.5) is 0 Å². The average molecular weight is 326 g/mol. The molecule has 0 aliphatic carbocycles. The van der Waals surface area contributed by atoms with Crippen molar-refractivity contribution < 1.29 is 9.15 Å². The molecular weight excluding hydrogens is 304 g/mol. The molecule has 0 aliphatic rings. The minimum Gasteiger partial charge on any atom is -0.496 e. The van der Waals surface area contributed by atoms with Gasteiger partial charge in [-0.05, 0) is 43.5 Å². The normalized spacial score (nSPS) is 11.5. The molecule has 2 heterocycles. The molecular formula is C19H22N2O3. The molecule has 0 atom stereocenters. The van der Waals surface area contributed by atoms with Gasteiger partial charge in [0, 0.05) is 23.9 Å². The van der Waals surface area contributed by atoms with Crippen LogP contribution in [-0.2, 0) is 7.05 Å². The Labute approximate surface area is 140 Å². The van der Waals surface area contributed by atoms with E-state index in [4.69, 9.17) is 9.15 Å². The van der Waals surface area contributed by atoms with E-state index in [2.05, 4.69) is 25.0 Å². The van der Waals surface area contributed by atoms with Crippen LogP contribution < -0.4 is 10.4 Å². The first-order valence-corrected chi connectivity index (χ1v) is 7.99. The number of nitrogens with zero attached hydrogens (tertiary/aromatic N) is 2. The molecule has 0 bridgehead atoms. The Morgan fingerprint density at radius 2 is 1.88 bits per heavy atom. The van der Waals surface area contributed by atoms with E-state index in [0.717, 1.165) is 27.9 Å². The van der Waals surface area contributed by atoms with Gasteiger partial charge in [-0.3, -0.25) is 4.68 Å². The Morgan fingerprint density at radius 1 is 1.17 bits per heavy atom. The van der Waals surface area contributed by atoms with Crippen molar-refractivity contribution in [2.45, 2.75) is 33.6 Å². The van der Waals surface area contributed by atoms with Crippen LogP contribution in [-0.4, -0.2) is 16.9 Å². The minimum atomic E-state index is -0.317. The van der Waals surface area contributed by atoms with Crippen LogP contribution in [0.5, 0.6) is 5.75 Å². The van der Waals surface area contributed by atoms with Crippen LogP contribution in [0.3, 0.4) is 0 Å². The summed E-state index contributed by atoms with van der Waals surface area (Å²) >= 11 is 0. The average Bonchev–Trinajstić information content (AvgIpc) is 2.93. The number of methoxy groups -OCH3 is 1. The molecule has 0 spiro atoms. The summed E-state index contributed by atoms with van der Waals surface area (Å²) < 4.78 is 12.9. The summed E-state index contributed by atoms with van der Waals surface area (Å²) in [6.45, 7) is 7.94. The van der Waals surface area contributed by atoms with E-state index in [1.807, 2.05) is 30.8 Å². The van der Waals surface area contributed by atoms with Crippen molar-refractivity contribution in [1.29, 1.82) is 0 Å². The molecule has 5 heteroatoms. The van der Waals surface area contributed by atoms with Crippen LogP contribution in [0, 0.1) is 13.8 Å². The van der Waals surface area contributed by atoms with E-state index < -0.39 is 0 Å². The molecule has 1 aromatic carbocycles. The van der Waals surface area contributed by atoms with Crippen molar-refractivity contribution >= 4 is 11.0 Å². The highest BCUT2D eigenvalue weighted by molar-refractivity contribution is 5.91. The van der Waals surface area contributed by atoms with Crippen LogP contribution in [0.1, 0.15) is 36.6 Å². The number of hydrogen-bond donors (Lipinski definition) is 0. The van der Waals surface area contributed by atoms with Gasteiger partial charge in [0.2, 0.25) is 0 Å². The quantitative estimate of drug-likeness (QED) is 0.684. The van der Waals surface area contributed by atoms with Crippen LogP contribution >= 0.6 is 0 Å². The molecule has 24 heavy (non-hydrogen) atoms. The number of rotatable bonds is 3. The summed E-state index contributed by atoms with van der Waals surface area (Å²) in [6.07, 6.45) is 0. The zero-order valence-electron chi connectivity index (χ0n) is 14.9. The van der Waals surface area contributed by atoms with Gasteiger partial charge in [0.15, 0.2) is 0 Å². The summed E-state index contributed by atoms with van der Waals surface area (Å²) in [7, 11) is 3.56. The van der Waals surface area contributed by atoms with Crippen molar-refractivity contribution in [2.75, 3.05) is 7.11 Å². The summed E-state index contributed by atoms with van der Waals surface area (Å²) in [6, 6.07) is 5.86. The third-order valence-electron chi connectivity index (χ3n) is 4.54.